The molecule has 0 atom stereocenters. The number of nitrogens with zero attached hydrogens (tertiary/aromatic N) is 3. The molecule has 2 heterocycles. The molecule has 12 rings (SSSR count). The molecule has 0 saturated carbocycles. The van der Waals surface area contributed by atoms with E-state index < -0.39 is 0 Å². The lowest BCUT2D eigenvalue weighted by Gasteiger charge is -2.14. The smallest absolute Gasteiger partial charge is 0.235 e. The van der Waals surface area contributed by atoms with Gasteiger partial charge in [-0.05, 0) is 84.2 Å². The fourth-order valence-corrected chi connectivity index (χ4v) is 8.80. The summed E-state index contributed by atoms with van der Waals surface area (Å²) in [5, 5.41) is 13.7. The highest BCUT2D eigenvalue weighted by Crippen LogP contribution is 2.49. The number of para-hydroxylation sites is 1. The first-order valence-corrected chi connectivity index (χ1v) is 17.5. The van der Waals surface area contributed by atoms with Crippen molar-refractivity contribution in [2.45, 2.75) is 0 Å². The molecule has 0 aliphatic heterocycles. The molecule has 3 nitrogen and oxygen atoms in total. The first kappa shape index (κ1) is 27.0. The molecule has 234 valence electrons. The monoisotopic (exact) mass is 645 g/mol. The van der Waals surface area contributed by atoms with Crippen LogP contribution in [-0.4, -0.2) is 14.5 Å². The normalized spacial score (nSPS) is 12.3. The Bertz CT molecular complexity index is 3300. The minimum absolute atomic E-state index is 0.680. The molecule has 51 heavy (non-hydrogen) atoms. The average molecular weight is 646 g/mol. The van der Waals surface area contributed by atoms with E-state index in [9.17, 15) is 0 Å². The van der Waals surface area contributed by atoms with Gasteiger partial charge in [-0.15, -0.1) is 0 Å². The third-order valence-corrected chi connectivity index (χ3v) is 11.1. The lowest BCUT2D eigenvalue weighted by atomic mass is 9.93. The van der Waals surface area contributed by atoms with Crippen molar-refractivity contribution < 1.29 is 0 Å². The molecule has 0 radical (unpaired) electrons. The fourth-order valence-electron chi connectivity index (χ4n) is 8.80. The van der Waals surface area contributed by atoms with Gasteiger partial charge in [0, 0.05) is 27.1 Å². The predicted molar refractivity (Wildman–Crippen MR) is 214 cm³/mol. The minimum atomic E-state index is 0.680. The van der Waals surface area contributed by atoms with Crippen LogP contribution < -0.4 is 0 Å². The maximum Gasteiger partial charge on any atom is 0.235 e. The number of fused-ring (bicyclic) bond motifs is 3. The van der Waals surface area contributed by atoms with Crippen molar-refractivity contribution in [2.24, 2.45) is 0 Å². The van der Waals surface area contributed by atoms with Gasteiger partial charge >= 0.3 is 0 Å². The van der Waals surface area contributed by atoms with Crippen LogP contribution in [0.1, 0.15) is 0 Å². The first-order chi connectivity index (χ1) is 25.3. The molecule has 1 aliphatic carbocycles. The summed E-state index contributed by atoms with van der Waals surface area (Å²) in [5.74, 6) is 0.680. The molecule has 11 aromatic rings. The van der Waals surface area contributed by atoms with E-state index in [1.807, 2.05) is 0 Å². The van der Waals surface area contributed by atoms with Crippen LogP contribution in [0.3, 0.4) is 0 Å². The average Bonchev–Trinajstić information content (AvgIpc) is 3.47. The Balaban J connectivity index is 1.14. The van der Waals surface area contributed by atoms with Crippen molar-refractivity contribution in [1.82, 2.24) is 14.5 Å². The van der Waals surface area contributed by atoms with Crippen LogP contribution in [-0.2, 0) is 0 Å². The van der Waals surface area contributed by atoms with Crippen molar-refractivity contribution in [3.63, 3.8) is 0 Å². The molecular weight excluding hydrogens is 619 g/mol. The fraction of sp³-hybridized carbons (Fsp3) is 0. The van der Waals surface area contributed by atoms with Gasteiger partial charge in [0.1, 0.15) is 0 Å². The molecule has 0 N–H and O–H groups in total. The molecule has 0 saturated heterocycles. The summed E-state index contributed by atoms with van der Waals surface area (Å²) in [7, 11) is 0. The van der Waals surface area contributed by atoms with Crippen LogP contribution in [0.25, 0.3) is 115 Å². The first-order valence-electron chi connectivity index (χ1n) is 17.5. The van der Waals surface area contributed by atoms with Gasteiger partial charge in [0.05, 0.1) is 22.2 Å². The second kappa shape index (κ2) is 9.87. The Hall–Kier alpha value is -6.84. The second-order valence-corrected chi connectivity index (χ2v) is 13.8. The molecule has 1 aliphatic rings. The Kier molecular flexibility index (Phi) is 5.23. The standard InChI is InChI=1S/C48H27N3/c1-2-8-34-27-35(22-17-28(34)7-1)29-15-20-33(21-16-29)47-38-11-3-4-14-39(38)49-48(50-47)51-40-25-23-31-10-6-13-37-36-12-5-9-30-18-19-32-24-26-41(51)46(44(32)42(30)36)45(40)43(31)37/h1-27H. The van der Waals surface area contributed by atoms with E-state index in [-0.39, 0.29) is 0 Å². The number of rotatable bonds is 3. The number of hydrogen-bond donors (Lipinski definition) is 0. The zero-order valence-corrected chi connectivity index (χ0v) is 27.4. The number of hydrogen-bond acceptors (Lipinski definition) is 2. The summed E-state index contributed by atoms with van der Waals surface area (Å²) in [6.07, 6.45) is 0. The maximum atomic E-state index is 5.44. The molecule has 9 aromatic carbocycles. The molecular formula is C48H27N3. The molecule has 0 spiro atoms. The zero-order chi connectivity index (χ0) is 33.2. The summed E-state index contributed by atoms with van der Waals surface area (Å²) in [4.78, 5) is 10.7. The van der Waals surface area contributed by atoms with Crippen molar-refractivity contribution in [3.05, 3.63) is 164 Å². The number of aromatic nitrogens is 3. The lowest BCUT2D eigenvalue weighted by molar-refractivity contribution is 1.01. The van der Waals surface area contributed by atoms with E-state index in [4.69, 9.17) is 9.97 Å². The van der Waals surface area contributed by atoms with Gasteiger partial charge in [0.25, 0.3) is 0 Å². The Morgan fingerprint density at radius 2 is 0.902 bits per heavy atom. The van der Waals surface area contributed by atoms with E-state index >= 15 is 0 Å². The van der Waals surface area contributed by atoms with Crippen molar-refractivity contribution in [2.75, 3.05) is 0 Å². The summed E-state index contributed by atoms with van der Waals surface area (Å²) >= 11 is 0. The van der Waals surface area contributed by atoms with E-state index in [0.717, 1.165) is 33.2 Å². The van der Waals surface area contributed by atoms with Crippen molar-refractivity contribution >= 4 is 75.8 Å². The van der Waals surface area contributed by atoms with Crippen LogP contribution >= 0.6 is 0 Å². The van der Waals surface area contributed by atoms with Crippen LogP contribution in [0.15, 0.2) is 164 Å². The highest BCUT2D eigenvalue weighted by molar-refractivity contribution is 6.38. The maximum absolute atomic E-state index is 5.44. The summed E-state index contributed by atoms with van der Waals surface area (Å²) in [6.45, 7) is 0. The van der Waals surface area contributed by atoms with Gasteiger partial charge in [0.15, 0.2) is 0 Å². The van der Waals surface area contributed by atoms with Crippen LogP contribution in [0.2, 0.25) is 0 Å². The lowest BCUT2D eigenvalue weighted by Crippen LogP contribution is -2.03. The molecule has 0 unspecified atom stereocenters. The third kappa shape index (κ3) is 3.67. The third-order valence-electron chi connectivity index (χ3n) is 11.1. The SMILES string of the molecule is c1ccc2cc(-c3ccc(-c4nc(-n5c6ccc7cccc8c7c6c6c7c(ccc9cccc-8c97)ccc65)nc5ccccc45)cc3)ccc2c1. The number of benzene rings is 9. The largest absolute Gasteiger partial charge is 0.278 e. The van der Waals surface area contributed by atoms with Gasteiger partial charge in [-0.1, -0.05) is 140 Å². The zero-order valence-electron chi connectivity index (χ0n) is 27.4. The van der Waals surface area contributed by atoms with Crippen molar-refractivity contribution in [3.8, 4) is 39.5 Å². The molecule has 3 heteroatoms. The molecule has 2 aromatic heterocycles. The second-order valence-electron chi connectivity index (χ2n) is 13.8. The van der Waals surface area contributed by atoms with E-state index in [1.165, 1.54) is 76.1 Å². The van der Waals surface area contributed by atoms with Crippen LogP contribution in [0.5, 0.6) is 0 Å². The Morgan fingerprint density at radius 1 is 0.353 bits per heavy atom. The van der Waals surface area contributed by atoms with Gasteiger partial charge in [-0.2, -0.15) is 0 Å². The summed E-state index contributed by atoms with van der Waals surface area (Å²) < 4.78 is 2.30. The predicted octanol–water partition coefficient (Wildman–Crippen LogP) is 12.7. The molecule has 0 bridgehead atoms. The van der Waals surface area contributed by atoms with Gasteiger partial charge in [-0.3, -0.25) is 4.57 Å². The Morgan fingerprint density at radius 3 is 1.67 bits per heavy atom. The van der Waals surface area contributed by atoms with Crippen LogP contribution in [0, 0.1) is 0 Å². The molecule has 0 amide bonds. The molecule has 0 fully saturated rings. The van der Waals surface area contributed by atoms with Gasteiger partial charge in [0.2, 0.25) is 5.95 Å². The topological polar surface area (TPSA) is 30.7 Å². The highest BCUT2D eigenvalue weighted by atomic mass is 15.2. The van der Waals surface area contributed by atoms with E-state index in [1.54, 1.807) is 0 Å². The van der Waals surface area contributed by atoms with E-state index in [2.05, 4.69) is 168 Å². The van der Waals surface area contributed by atoms with E-state index in [0.29, 0.717) is 5.95 Å². The van der Waals surface area contributed by atoms with Crippen molar-refractivity contribution in [1.29, 1.82) is 0 Å². The van der Waals surface area contributed by atoms with Gasteiger partial charge in [-0.25, -0.2) is 9.97 Å². The highest BCUT2D eigenvalue weighted by Gasteiger charge is 2.25. The summed E-state index contributed by atoms with van der Waals surface area (Å²) in [5.41, 5.74) is 10.1. The van der Waals surface area contributed by atoms with Gasteiger partial charge < -0.3 is 0 Å². The summed E-state index contributed by atoms with van der Waals surface area (Å²) in [6, 6.07) is 59.4. The minimum Gasteiger partial charge on any atom is -0.278 e. The van der Waals surface area contributed by atoms with Crippen LogP contribution in [0.4, 0.5) is 0 Å². The quantitative estimate of drug-likeness (QED) is 0.179. The Labute approximate surface area is 292 Å².